The number of H-pyrrole nitrogens is 1. The van der Waals surface area contributed by atoms with Gasteiger partial charge in [-0.1, -0.05) is 11.6 Å². The molecule has 2 aromatic heterocycles. The number of rotatable bonds is 3. The molecule has 98 valence electrons. The van der Waals surface area contributed by atoms with Crippen LogP contribution in [-0.4, -0.2) is 19.7 Å². The Morgan fingerprint density at radius 3 is 2.89 bits per heavy atom. The van der Waals surface area contributed by atoms with Gasteiger partial charge in [-0.25, -0.2) is 4.98 Å². The lowest BCUT2D eigenvalue weighted by atomic mass is 10.3. The summed E-state index contributed by atoms with van der Waals surface area (Å²) in [5.74, 6) is 1.20. The van der Waals surface area contributed by atoms with Crippen LogP contribution in [0.5, 0.6) is 0 Å². The second kappa shape index (κ2) is 4.66. The molecule has 0 radical (unpaired) electrons. The summed E-state index contributed by atoms with van der Waals surface area (Å²) >= 11 is 6.01. The van der Waals surface area contributed by atoms with Crippen molar-refractivity contribution in [3.63, 3.8) is 0 Å². The van der Waals surface area contributed by atoms with Crippen molar-refractivity contribution in [1.82, 2.24) is 19.7 Å². The summed E-state index contributed by atoms with van der Waals surface area (Å²) < 4.78 is 1.67. The molecule has 1 saturated carbocycles. The molecule has 2 heterocycles. The molecule has 6 heteroatoms. The van der Waals surface area contributed by atoms with Gasteiger partial charge >= 0.3 is 0 Å². The average Bonchev–Trinajstić information content (AvgIpc) is 3.15. The zero-order chi connectivity index (χ0) is 13.4. The van der Waals surface area contributed by atoms with Crippen molar-refractivity contribution in [3.8, 4) is 0 Å². The largest absolute Gasteiger partial charge is 0.310 e. The van der Waals surface area contributed by atoms with Crippen LogP contribution in [0.15, 0.2) is 17.1 Å². The third-order valence-corrected chi connectivity index (χ3v) is 3.38. The summed E-state index contributed by atoms with van der Waals surface area (Å²) in [6, 6.07) is 1.48. The Labute approximate surface area is 114 Å². The lowest BCUT2D eigenvalue weighted by molar-refractivity contribution is 0.760. The van der Waals surface area contributed by atoms with Gasteiger partial charge in [-0.3, -0.25) is 9.48 Å². The van der Waals surface area contributed by atoms with Crippen molar-refractivity contribution >= 4 is 23.8 Å². The van der Waals surface area contributed by atoms with Crippen molar-refractivity contribution in [2.75, 3.05) is 0 Å². The lowest BCUT2D eigenvalue weighted by Crippen LogP contribution is -2.10. The normalized spacial score (nSPS) is 15.3. The quantitative estimate of drug-likeness (QED) is 0.935. The van der Waals surface area contributed by atoms with Crippen molar-refractivity contribution in [1.29, 1.82) is 0 Å². The molecule has 0 spiro atoms. The van der Waals surface area contributed by atoms with Gasteiger partial charge in [-0.2, -0.15) is 5.10 Å². The number of aromatic amines is 1. The smallest absolute Gasteiger partial charge is 0.251 e. The standard InChI is InChI=1S/C13H13ClN4O/c1-18-11(10(14)7-15-18)5-4-9-6-12(19)17-13(16-9)8-2-3-8/h4-8H,2-3H2,1H3,(H,16,17,19)/b5-4+. The van der Waals surface area contributed by atoms with E-state index in [9.17, 15) is 4.79 Å². The summed E-state index contributed by atoms with van der Waals surface area (Å²) in [7, 11) is 1.81. The van der Waals surface area contributed by atoms with Crippen molar-refractivity contribution in [2.24, 2.45) is 7.05 Å². The van der Waals surface area contributed by atoms with Crippen LogP contribution >= 0.6 is 11.6 Å². The van der Waals surface area contributed by atoms with E-state index in [1.54, 1.807) is 17.0 Å². The molecule has 0 aromatic carbocycles. The first-order valence-corrected chi connectivity index (χ1v) is 6.48. The Morgan fingerprint density at radius 1 is 1.47 bits per heavy atom. The maximum absolute atomic E-state index is 11.6. The van der Waals surface area contributed by atoms with Crippen LogP contribution in [0.2, 0.25) is 5.02 Å². The van der Waals surface area contributed by atoms with Gasteiger partial charge in [-0.15, -0.1) is 0 Å². The molecule has 0 bridgehead atoms. The molecule has 5 nitrogen and oxygen atoms in total. The Balaban J connectivity index is 1.92. The highest BCUT2D eigenvalue weighted by Crippen LogP contribution is 2.37. The van der Waals surface area contributed by atoms with Crippen LogP contribution in [-0.2, 0) is 7.05 Å². The molecule has 0 atom stereocenters. The lowest BCUT2D eigenvalue weighted by Gasteiger charge is -1.99. The molecule has 0 saturated heterocycles. The molecule has 2 aromatic rings. The van der Waals surface area contributed by atoms with Gasteiger partial charge in [0.1, 0.15) is 5.82 Å². The van der Waals surface area contributed by atoms with Gasteiger partial charge in [0.2, 0.25) is 0 Å². The fraction of sp³-hybridized carbons (Fsp3) is 0.308. The number of nitrogens with one attached hydrogen (secondary N) is 1. The number of aryl methyl sites for hydroxylation is 1. The number of halogens is 1. The van der Waals surface area contributed by atoms with E-state index in [-0.39, 0.29) is 5.56 Å². The first-order chi connectivity index (χ1) is 9.13. The van der Waals surface area contributed by atoms with E-state index in [0.717, 1.165) is 24.4 Å². The van der Waals surface area contributed by atoms with E-state index < -0.39 is 0 Å². The van der Waals surface area contributed by atoms with Crippen molar-refractivity contribution in [3.05, 3.63) is 44.9 Å². The van der Waals surface area contributed by atoms with Crippen LogP contribution in [0, 0.1) is 0 Å². The van der Waals surface area contributed by atoms with E-state index in [4.69, 9.17) is 11.6 Å². The van der Waals surface area contributed by atoms with Crippen LogP contribution in [0.1, 0.15) is 36.0 Å². The SMILES string of the molecule is Cn1ncc(Cl)c1/C=C/c1cc(=O)[nH]c(C2CC2)n1. The predicted octanol–water partition coefficient (Wildman–Crippen LogP) is 2.20. The molecular formula is C13H13ClN4O. The fourth-order valence-corrected chi connectivity index (χ4v) is 2.13. The minimum atomic E-state index is -0.118. The third-order valence-electron chi connectivity index (χ3n) is 3.09. The Kier molecular flexibility index (Phi) is 2.98. The van der Waals surface area contributed by atoms with Crippen LogP contribution in [0.25, 0.3) is 12.2 Å². The summed E-state index contributed by atoms with van der Waals surface area (Å²) in [5.41, 5.74) is 1.31. The molecule has 19 heavy (non-hydrogen) atoms. The topological polar surface area (TPSA) is 63.6 Å². The monoisotopic (exact) mass is 276 g/mol. The van der Waals surface area contributed by atoms with Gasteiger partial charge in [-0.05, 0) is 25.0 Å². The zero-order valence-electron chi connectivity index (χ0n) is 10.4. The number of aromatic nitrogens is 4. The molecule has 1 N–H and O–H groups in total. The number of nitrogens with zero attached hydrogens (tertiary/aromatic N) is 3. The zero-order valence-corrected chi connectivity index (χ0v) is 11.2. The second-order valence-electron chi connectivity index (χ2n) is 4.66. The average molecular weight is 277 g/mol. The van der Waals surface area contributed by atoms with Gasteiger partial charge < -0.3 is 4.98 Å². The van der Waals surface area contributed by atoms with Gasteiger partial charge in [0.15, 0.2) is 0 Å². The Hall–Kier alpha value is -1.88. The minimum Gasteiger partial charge on any atom is -0.310 e. The molecule has 0 aliphatic heterocycles. The highest BCUT2D eigenvalue weighted by atomic mass is 35.5. The highest BCUT2D eigenvalue weighted by Gasteiger charge is 2.26. The van der Waals surface area contributed by atoms with Crippen molar-refractivity contribution < 1.29 is 0 Å². The van der Waals surface area contributed by atoms with E-state index in [0.29, 0.717) is 16.6 Å². The molecule has 0 unspecified atom stereocenters. The fourth-order valence-electron chi connectivity index (χ4n) is 1.90. The van der Waals surface area contributed by atoms with Crippen LogP contribution < -0.4 is 5.56 Å². The predicted molar refractivity (Wildman–Crippen MR) is 74.0 cm³/mol. The summed E-state index contributed by atoms with van der Waals surface area (Å²) in [4.78, 5) is 18.8. The summed E-state index contributed by atoms with van der Waals surface area (Å²) in [5, 5.41) is 4.62. The second-order valence-corrected chi connectivity index (χ2v) is 5.07. The molecule has 1 fully saturated rings. The Bertz CT molecular complexity index is 677. The highest BCUT2D eigenvalue weighted by molar-refractivity contribution is 6.31. The maximum Gasteiger partial charge on any atom is 0.251 e. The number of hydrogen-bond acceptors (Lipinski definition) is 3. The molecule has 1 aliphatic carbocycles. The van der Waals surface area contributed by atoms with Gasteiger partial charge in [0.05, 0.1) is 22.6 Å². The van der Waals surface area contributed by atoms with E-state index in [2.05, 4.69) is 15.1 Å². The Morgan fingerprint density at radius 2 is 2.26 bits per heavy atom. The van der Waals surface area contributed by atoms with Gasteiger partial charge in [0, 0.05) is 19.0 Å². The summed E-state index contributed by atoms with van der Waals surface area (Å²) in [6.07, 6.45) is 7.38. The maximum atomic E-state index is 11.6. The molecule has 0 amide bonds. The first-order valence-electron chi connectivity index (χ1n) is 6.10. The van der Waals surface area contributed by atoms with Crippen LogP contribution in [0.3, 0.4) is 0 Å². The molecule has 3 rings (SSSR count). The third kappa shape index (κ3) is 2.61. The van der Waals surface area contributed by atoms with Crippen LogP contribution in [0.4, 0.5) is 0 Å². The minimum absolute atomic E-state index is 0.118. The summed E-state index contributed by atoms with van der Waals surface area (Å²) in [6.45, 7) is 0. The first kappa shape index (κ1) is 12.2. The number of hydrogen-bond donors (Lipinski definition) is 1. The van der Waals surface area contributed by atoms with E-state index >= 15 is 0 Å². The molecular weight excluding hydrogens is 264 g/mol. The van der Waals surface area contributed by atoms with E-state index in [1.165, 1.54) is 6.07 Å². The van der Waals surface area contributed by atoms with Gasteiger partial charge in [0.25, 0.3) is 5.56 Å². The molecule has 1 aliphatic rings. The van der Waals surface area contributed by atoms with E-state index in [1.807, 2.05) is 13.1 Å². The van der Waals surface area contributed by atoms with Crippen molar-refractivity contribution in [2.45, 2.75) is 18.8 Å².